The number of ether oxygens (including phenoxy) is 4. The summed E-state index contributed by atoms with van der Waals surface area (Å²) in [5.74, 6) is -1.17. The van der Waals surface area contributed by atoms with E-state index in [4.69, 9.17) is 14.2 Å². The Kier molecular flexibility index (Phi) is 7.87. The van der Waals surface area contributed by atoms with Gasteiger partial charge in [0.05, 0.1) is 11.3 Å². The van der Waals surface area contributed by atoms with E-state index in [9.17, 15) is 27.6 Å². The number of esters is 1. The van der Waals surface area contributed by atoms with Crippen molar-refractivity contribution in [2.45, 2.75) is 11.3 Å². The first-order chi connectivity index (χ1) is 17.7. The second-order valence-electron chi connectivity index (χ2n) is 7.47. The molecule has 1 heterocycles. The Morgan fingerprint density at radius 2 is 1.68 bits per heavy atom. The van der Waals surface area contributed by atoms with E-state index in [1.54, 1.807) is 30.3 Å². The van der Waals surface area contributed by atoms with Gasteiger partial charge in [-0.25, -0.2) is 4.79 Å². The van der Waals surface area contributed by atoms with Crippen LogP contribution in [0.5, 0.6) is 17.2 Å². The van der Waals surface area contributed by atoms with Gasteiger partial charge in [-0.3, -0.25) is 9.59 Å². The molecule has 3 aromatic rings. The maximum Gasteiger partial charge on any atom is 0.573 e. The predicted octanol–water partition coefficient (Wildman–Crippen LogP) is 5.08. The van der Waals surface area contributed by atoms with Crippen LogP contribution in [0.4, 0.5) is 18.9 Å². The van der Waals surface area contributed by atoms with E-state index in [0.29, 0.717) is 22.0 Å². The van der Waals surface area contributed by atoms with Gasteiger partial charge in [0, 0.05) is 16.1 Å². The number of anilines is 1. The molecule has 3 aromatic carbocycles. The fraction of sp³-hybridized carbons (Fsp3) is 0.160. The lowest BCUT2D eigenvalue weighted by Gasteiger charge is -2.11. The average molecular weight is 533 g/mol. The van der Waals surface area contributed by atoms with Gasteiger partial charge in [-0.1, -0.05) is 12.1 Å². The Bertz CT molecular complexity index is 1310. The van der Waals surface area contributed by atoms with Gasteiger partial charge in [0.2, 0.25) is 12.7 Å². The number of alkyl halides is 3. The van der Waals surface area contributed by atoms with Crippen molar-refractivity contribution < 1.29 is 46.5 Å². The summed E-state index contributed by atoms with van der Waals surface area (Å²) < 4.78 is 56.2. The summed E-state index contributed by atoms with van der Waals surface area (Å²) in [6.45, 7) is -0.427. The van der Waals surface area contributed by atoms with E-state index in [-0.39, 0.29) is 23.8 Å². The molecule has 0 bridgehead atoms. The summed E-state index contributed by atoms with van der Waals surface area (Å²) in [5.41, 5.74) is 0.747. The summed E-state index contributed by atoms with van der Waals surface area (Å²) in [5, 5.41) is 2.55. The molecule has 0 radical (unpaired) electrons. The number of amides is 1. The molecule has 12 heteroatoms. The van der Waals surface area contributed by atoms with Crippen LogP contribution in [-0.2, 0) is 9.53 Å². The van der Waals surface area contributed by atoms with E-state index < -0.39 is 36.4 Å². The van der Waals surface area contributed by atoms with Gasteiger partial charge < -0.3 is 24.3 Å². The molecule has 8 nitrogen and oxygen atoms in total. The van der Waals surface area contributed by atoms with Crippen LogP contribution in [0, 0.1) is 0 Å². The van der Waals surface area contributed by atoms with Gasteiger partial charge in [-0.15, -0.1) is 24.9 Å². The Labute approximate surface area is 212 Å². The third-order valence-electron chi connectivity index (χ3n) is 4.87. The van der Waals surface area contributed by atoms with Crippen molar-refractivity contribution in [3.05, 3.63) is 77.9 Å². The molecular formula is C25H18F3NO7S. The minimum atomic E-state index is -4.81. The minimum absolute atomic E-state index is 0.0671. The van der Waals surface area contributed by atoms with Crippen LogP contribution in [0.25, 0.3) is 0 Å². The Morgan fingerprint density at radius 1 is 0.946 bits per heavy atom. The number of Topliss-reactive ketones (excluding diaryl/α,β-unsaturated/α-hetero) is 1. The van der Waals surface area contributed by atoms with Crippen LogP contribution in [0.2, 0.25) is 0 Å². The molecular weight excluding hydrogens is 515 g/mol. The topological polar surface area (TPSA) is 100 Å². The zero-order valence-electron chi connectivity index (χ0n) is 18.9. The first-order valence-electron chi connectivity index (χ1n) is 10.7. The van der Waals surface area contributed by atoms with E-state index in [1.165, 1.54) is 24.3 Å². The van der Waals surface area contributed by atoms with Gasteiger partial charge >= 0.3 is 12.3 Å². The molecule has 4 rings (SSSR count). The van der Waals surface area contributed by atoms with Crippen LogP contribution in [-0.4, -0.2) is 43.2 Å². The minimum Gasteiger partial charge on any atom is -0.454 e. The molecule has 1 N–H and O–H groups in total. The predicted molar refractivity (Wildman–Crippen MR) is 126 cm³/mol. The van der Waals surface area contributed by atoms with Gasteiger partial charge in [0.15, 0.2) is 23.9 Å². The second-order valence-corrected chi connectivity index (χ2v) is 8.49. The molecule has 1 aliphatic heterocycles. The molecule has 0 unspecified atom stereocenters. The normalized spacial score (nSPS) is 12.1. The fourth-order valence-corrected chi connectivity index (χ4v) is 4.04. The molecule has 0 fully saturated rings. The molecule has 192 valence electrons. The number of carbonyl (C=O) groups is 3. The highest BCUT2D eigenvalue weighted by atomic mass is 32.2. The van der Waals surface area contributed by atoms with Gasteiger partial charge in [0.1, 0.15) is 5.75 Å². The first-order valence-corrected chi connectivity index (χ1v) is 11.6. The van der Waals surface area contributed by atoms with Gasteiger partial charge in [-0.2, -0.15) is 0 Å². The van der Waals surface area contributed by atoms with Crippen molar-refractivity contribution >= 4 is 35.1 Å². The quantitative estimate of drug-likeness (QED) is 0.231. The number of thioether (sulfide) groups is 1. The van der Waals surface area contributed by atoms with Crippen molar-refractivity contribution in [1.29, 1.82) is 0 Å². The average Bonchev–Trinajstić information content (AvgIpc) is 3.34. The Hall–Kier alpha value is -4.19. The largest absolute Gasteiger partial charge is 0.573 e. The molecule has 0 atom stereocenters. The number of ketones is 1. The third-order valence-corrected chi connectivity index (χ3v) is 5.94. The molecule has 0 spiro atoms. The van der Waals surface area contributed by atoms with Crippen LogP contribution in [0.1, 0.15) is 20.7 Å². The highest BCUT2D eigenvalue weighted by Gasteiger charge is 2.31. The standard InChI is InChI=1S/C25H18F3NO7S/c26-25(27,28)36-17-8-6-16(7-9-17)29-23(31)13-37-22-4-2-1-3-18(22)24(32)33-12-19(30)15-5-10-20-21(11-15)35-14-34-20/h1-11H,12-14H2,(H,29,31). The third kappa shape index (κ3) is 7.17. The number of hydrogen-bond donors (Lipinski definition) is 1. The van der Waals surface area contributed by atoms with E-state index in [2.05, 4.69) is 10.1 Å². The molecule has 0 saturated carbocycles. The SMILES string of the molecule is O=C(CSc1ccccc1C(=O)OCC(=O)c1ccc2c(c1)OCO2)Nc1ccc(OC(F)(F)F)cc1. The van der Waals surface area contributed by atoms with Gasteiger partial charge in [-0.05, 0) is 54.6 Å². The number of halogens is 3. The second kappa shape index (κ2) is 11.2. The van der Waals surface area contributed by atoms with Crippen molar-refractivity contribution in [1.82, 2.24) is 0 Å². The summed E-state index contributed by atoms with van der Waals surface area (Å²) >= 11 is 1.06. The number of benzene rings is 3. The van der Waals surface area contributed by atoms with Crippen molar-refractivity contribution in [3.63, 3.8) is 0 Å². The molecule has 0 aromatic heterocycles. The Morgan fingerprint density at radius 3 is 2.43 bits per heavy atom. The van der Waals surface area contributed by atoms with E-state index in [1.807, 2.05) is 0 Å². The highest BCUT2D eigenvalue weighted by Crippen LogP contribution is 2.32. The number of fused-ring (bicyclic) bond motifs is 1. The number of nitrogens with one attached hydrogen (secondary N) is 1. The lowest BCUT2D eigenvalue weighted by Crippen LogP contribution is -2.17. The first kappa shape index (κ1) is 25.9. The van der Waals surface area contributed by atoms with E-state index >= 15 is 0 Å². The summed E-state index contributed by atoms with van der Waals surface area (Å²) in [4.78, 5) is 37.8. The highest BCUT2D eigenvalue weighted by molar-refractivity contribution is 8.00. The number of rotatable bonds is 9. The zero-order chi connectivity index (χ0) is 26.4. The van der Waals surface area contributed by atoms with E-state index in [0.717, 1.165) is 23.9 Å². The molecule has 1 amide bonds. The maximum absolute atomic E-state index is 12.6. The summed E-state index contributed by atoms with van der Waals surface area (Å²) in [7, 11) is 0. The van der Waals surface area contributed by atoms with Crippen LogP contribution in [0.15, 0.2) is 71.6 Å². The zero-order valence-corrected chi connectivity index (χ0v) is 19.7. The lowest BCUT2D eigenvalue weighted by molar-refractivity contribution is -0.274. The summed E-state index contributed by atoms with van der Waals surface area (Å²) in [6.07, 6.45) is -4.81. The van der Waals surface area contributed by atoms with Crippen LogP contribution >= 0.6 is 11.8 Å². The van der Waals surface area contributed by atoms with Crippen molar-refractivity contribution in [3.8, 4) is 17.2 Å². The van der Waals surface area contributed by atoms with Crippen molar-refractivity contribution in [2.75, 3.05) is 24.5 Å². The summed E-state index contributed by atoms with van der Waals surface area (Å²) in [6, 6.07) is 15.8. The van der Waals surface area contributed by atoms with Gasteiger partial charge in [0.25, 0.3) is 0 Å². The number of carbonyl (C=O) groups excluding carboxylic acids is 3. The molecule has 0 saturated heterocycles. The lowest BCUT2D eigenvalue weighted by atomic mass is 10.1. The smallest absolute Gasteiger partial charge is 0.454 e. The fourth-order valence-electron chi connectivity index (χ4n) is 3.20. The maximum atomic E-state index is 12.6. The van der Waals surface area contributed by atoms with Crippen molar-refractivity contribution in [2.24, 2.45) is 0 Å². The van der Waals surface area contributed by atoms with Crippen LogP contribution < -0.4 is 19.5 Å². The molecule has 37 heavy (non-hydrogen) atoms. The van der Waals surface area contributed by atoms with Crippen LogP contribution in [0.3, 0.4) is 0 Å². The molecule has 0 aliphatic carbocycles. The molecule has 1 aliphatic rings. The number of hydrogen-bond acceptors (Lipinski definition) is 8. The Balaban J connectivity index is 1.30. The monoisotopic (exact) mass is 533 g/mol.